The van der Waals surface area contributed by atoms with E-state index in [4.69, 9.17) is 9.47 Å². The number of carbonyl (C=O) groups is 2. The van der Waals surface area contributed by atoms with Crippen molar-refractivity contribution in [3.8, 4) is 11.5 Å². The van der Waals surface area contributed by atoms with E-state index in [9.17, 15) is 9.59 Å². The fraction of sp³-hybridized carbons (Fsp3) is 0.481. The number of hydrogen-bond donors (Lipinski definition) is 1. The second-order valence-electron chi connectivity index (χ2n) is 9.65. The molecule has 3 rings (SSSR count). The van der Waals surface area contributed by atoms with Crippen LogP contribution in [-0.4, -0.2) is 41.5 Å². The normalized spacial score (nSPS) is 13.8. The van der Waals surface area contributed by atoms with E-state index in [1.807, 2.05) is 71.0 Å². The Morgan fingerprint density at radius 3 is 2.42 bits per heavy atom. The third-order valence-electron chi connectivity index (χ3n) is 5.55. The van der Waals surface area contributed by atoms with Crippen LogP contribution in [-0.2, 0) is 22.6 Å². The van der Waals surface area contributed by atoms with Gasteiger partial charge in [-0.1, -0.05) is 42.8 Å². The van der Waals surface area contributed by atoms with Gasteiger partial charge >= 0.3 is 0 Å². The molecule has 1 heterocycles. The first-order valence-electron chi connectivity index (χ1n) is 11.7. The highest BCUT2D eigenvalue weighted by molar-refractivity contribution is 5.88. The Hall–Kier alpha value is -3.02. The molecular formula is C27H36N2O4. The first kappa shape index (κ1) is 24.6. The Balaban J connectivity index is 1.78. The fourth-order valence-electron chi connectivity index (χ4n) is 4.02. The fourth-order valence-corrected chi connectivity index (χ4v) is 4.02. The summed E-state index contributed by atoms with van der Waals surface area (Å²) in [4.78, 5) is 28.3. The van der Waals surface area contributed by atoms with Crippen LogP contribution in [0, 0.1) is 6.92 Å². The number of rotatable bonds is 8. The predicted molar refractivity (Wildman–Crippen MR) is 129 cm³/mol. The van der Waals surface area contributed by atoms with Crippen molar-refractivity contribution >= 4 is 11.8 Å². The summed E-state index contributed by atoms with van der Waals surface area (Å²) in [5.41, 5.74) is 2.79. The molecular weight excluding hydrogens is 416 g/mol. The van der Waals surface area contributed by atoms with E-state index in [0.717, 1.165) is 28.2 Å². The highest BCUT2D eigenvalue weighted by Gasteiger charge is 2.30. The SMILES string of the molecule is CCC(C(=O)NC(C)(C)C)N(Cc1cccc(C)c1)C(=O)CCc1ccc2c(c1)OCCO2. The third-order valence-corrected chi connectivity index (χ3v) is 5.55. The van der Waals surface area contributed by atoms with Crippen LogP contribution in [0.4, 0.5) is 0 Å². The number of hydrogen-bond acceptors (Lipinski definition) is 4. The molecule has 1 aliphatic rings. The average molecular weight is 453 g/mol. The maximum absolute atomic E-state index is 13.5. The highest BCUT2D eigenvalue weighted by atomic mass is 16.6. The van der Waals surface area contributed by atoms with E-state index in [2.05, 4.69) is 11.4 Å². The Labute approximate surface area is 197 Å². The van der Waals surface area contributed by atoms with Crippen molar-refractivity contribution in [2.75, 3.05) is 13.2 Å². The number of carbonyl (C=O) groups excluding carboxylic acids is 2. The van der Waals surface area contributed by atoms with Gasteiger partial charge in [-0.3, -0.25) is 9.59 Å². The van der Waals surface area contributed by atoms with Gasteiger partial charge in [0.2, 0.25) is 11.8 Å². The summed E-state index contributed by atoms with van der Waals surface area (Å²) in [5, 5.41) is 3.05. The zero-order chi connectivity index (χ0) is 24.0. The van der Waals surface area contributed by atoms with Crippen LogP contribution in [0.3, 0.4) is 0 Å². The Morgan fingerprint density at radius 1 is 1.03 bits per heavy atom. The topological polar surface area (TPSA) is 67.9 Å². The Morgan fingerprint density at radius 2 is 1.76 bits per heavy atom. The molecule has 0 radical (unpaired) electrons. The van der Waals surface area contributed by atoms with Crippen LogP contribution in [0.15, 0.2) is 42.5 Å². The molecule has 1 atom stereocenters. The van der Waals surface area contributed by atoms with Gasteiger partial charge < -0.3 is 19.7 Å². The smallest absolute Gasteiger partial charge is 0.243 e. The van der Waals surface area contributed by atoms with E-state index in [1.54, 1.807) is 4.90 Å². The van der Waals surface area contributed by atoms with Gasteiger partial charge in [0.1, 0.15) is 19.3 Å². The van der Waals surface area contributed by atoms with E-state index in [0.29, 0.717) is 39.0 Å². The lowest BCUT2D eigenvalue weighted by Gasteiger charge is -2.33. The molecule has 2 aromatic carbocycles. The number of amides is 2. The van der Waals surface area contributed by atoms with E-state index in [1.165, 1.54) is 0 Å². The zero-order valence-electron chi connectivity index (χ0n) is 20.4. The van der Waals surface area contributed by atoms with Crippen LogP contribution >= 0.6 is 0 Å². The van der Waals surface area contributed by atoms with E-state index >= 15 is 0 Å². The van der Waals surface area contributed by atoms with Crippen LogP contribution in [0.2, 0.25) is 0 Å². The van der Waals surface area contributed by atoms with Gasteiger partial charge in [-0.2, -0.15) is 0 Å². The summed E-state index contributed by atoms with van der Waals surface area (Å²) in [6, 6.07) is 13.4. The molecule has 0 bridgehead atoms. The lowest BCUT2D eigenvalue weighted by atomic mass is 10.0. The van der Waals surface area contributed by atoms with Gasteiger partial charge in [-0.05, 0) is 63.8 Å². The van der Waals surface area contributed by atoms with Crippen molar-refractivity contribution in [2.24, 2.45) is 0 Å². The molecule has 0 aromatic heterocycles. The van der Waals surface area contributed by atoms with E-state index in [-0.39, 0.29) is 17.4 Å². The summed E-state index contributed by atoms with van der Waals surface area (Å²) < 4.78 is 11.3. The molecule has 1 aliphatic heterocycles. The number of aryl methyl sites for hydroxylation is 2. The predicted octanol–water partition coefficient (Wildman–Crippen LogP) is 4.42. The highest BCUT2D eigenvalue weighted by Crippen LogP contribution is 2.31. The molecule has 1 N–H and O–H groups in total. The minimum atomic E-state index is -0.530. The molecule has 0 aliphatic carbocycles. The van der Waals surface area contributed by atoms with E-state index < -0.39 is 6.04 Å². The third kappa shape index (κ3) is 6.98. The van der Waals surface area contributed by atoms with Gasteiger partial charge in [0.05, 0.1) is 0 Å². The minimum absolute atomic E-state index is 0.0395. The molecule has 6 heteroatoms. The van der Waals surface area contributed by atoms with Gasteiger partial charge in [-0.25, -0.2) is 0 Å². The molecule has 1 unspecified atom stereocenters. The van der Waals surface area contributed by atoms with Gasteiger partial charge in [-0.15, -0.1) is 0 Å². The molecule has 0 saturated carbocycles. The first-order chi connectivity index (χ1) is 15.7. The van der Waals surface area contributed by atoms with Crippen molar-refractivity contribution < 1.29 is 19.1 Å². The van der Waals surface area contributed by atoms with Crippen molar-refractivity contribution in [1.82, 2.24) is 10.2 Å². The minimum Gasteiger partial charge on any atom is -0.486 e. The lowest BCUT2D eigenvalue weighted by Crippen LogP contribution is -2.53. The molecule has 0 saturated heterocycles. The summed E-state index contributed by atoms with van der Waals surface area (Å²) in [7, 11) is 0. The molecule has 0 spiro atoms. The molecule has 178 valence electrons. The van der Waals surface area contributed by atoms with Crippen LogP contribution in [0.1, 0.15) is 57.2 Å². The molecule has 2 amide bonds. The number of fused-ring (bicyclic) bond motifs is 1. The second-order valence-corrected chi connectivity index (χ2v) is 9.65. The summed E-state index contributed by atoms with van der Waals surface area (Å²) in [5.74, 6) is 1.30. The lowest BCUT2D eigenvalue weighted by molar-refractivity contribution is -0.142. The van der Waals surface area contributed by atoms with Crippen molar-refractivity contribution in [3.05, 3.63) is 59.2 Å². The molecule has 0 fully saturated rings. The number of nitrogens with zero attached hydrogens (tertiary/aromatic N) is 1. The first-order valence-corrected chi connectivity index (χ1v) is 11.7. The average Bonchev–Trinajstić information content (AvgIpc) is 2.76. The molecule has 6 nitrogen and oxygen atoms in total. The van der Waals surface area contributed by atoms with Crippen molar-refractivity contribution in [1.29, 1.82) is 0 Å². The van der Waals surface area contributed by atoms with Gasteiger partial charge in [0.15, 0.2) is 11.5 Å². The van der Waals surface area contributed by atoms with Gasteiger partial charge in [0, 0.05) is 18.5 Å². The van der Waals surface area contributed by atoms with Crippen molar-refractivity contribution in [3.63, 3.8) is 0 Å². The maximum atomic E-state index is 13.5. The van der Waals surface area contributed by atoms with Crippen LogP contribution < -0.4 is 14.8 Å². The van der Waals surface area contributed by atoms with Crippen molar-refractivity contribution in [2.45, 2.75) is 72.0 Å². The van der Waals surface area contributed by atoms with Crippen LogP contribution in [0.25, 0.3) is 0 Å². The summed E-state index contributed by atoms with van der Waals surface area (Å²) >= 11 is 0. The monoisotopic (exact) mass is 452 g/mol. The number of ether oxygens (including phenoxy) is 2. The molecule has 33 heavy (non-hydrogen) atoms. The zero-order valence-corrected chi connectivity index (χ0v) is 20.4. The maximum Gasteiger partial charge on any atom is 0.243 e. The summed E-state index contributed by atoms with van der Waals surface area (Å²) in [6.45, 7) is 11.3. The Bertz CT molecular complexity index is 980. The largest absolute Gasteiger partial charge is 0.486 e. The number of nitrogens with one attached hydrogen (secondary N) is 1. The second kappa shape index (κ2) is 10.7. The standard InChI is InChI=1S/C27H36N2O4/c1-6-22(26(31)28-27(3,4)5)29(18-21-9-7-8-19(2)16-21)25(30)13-11-20-10-12-23-24(17-20)33-15-14-32-23/h7-10,12,16-17,22H,6,11,13-15,18H2,1-5H3,(H,28,31). The number of benzene rings is 2. The van der Waals surface area contributed by atoms with Gasteiger partial charge in [0.25, 0.3) is 0 Å². The Kier molecular flexibility index (Phi) is 8.01. The van der Waals surface area contributed by atoms with Crippen LogP contribution in [0.5, 0.6) is 11.5 Å². The quantitative estimate of drug-likeness (QED) is 0.644. The molecule has 2 aromatic rings. The summed E-state index contributed by atoms with van der Waals surface area (Å²) in [6.07, 6.45) is 1.42.